The molecule has 2 aliphatic rings. The van der Waals surface area contributed by atoms with Crippen LogP contribution >= 0.6 is 0 Å². The van der Waals surface area contributed by atoms with Crippen LogP contribution in [0.1, 0.15) is 38.5 Å². The summed E-state index contributed by atoms with van der Waals surface area (Å²) in [5.41, 5.74) is 1.45. The molecule has 0 aliphatic heterocycles. The third-order valence-electron chi connectivity index (χ3n) is 3.29. The van der Waals surface area contributed by atoms with Gasteiger partial charge in [0, 0.05) is 12.6 Å². The Kier molecular flexibility index (Phi) is 4.22. The van der Waals surface area contributed by atoms with Gasteiger partial charge in [0.15, 0.2) is 0 Å². The third-order valence-corrected chi connectivity index (χ3v) is 3.29. The van der Waals surface area contributed by atoms with Crippen molar-refractivity contribution in [3.63, 3.8) is 0 Å². The molecule has 0 radical (unpaired) electrons. The zero-order chi connectivity index (χ0) is 10.3. The minimum Gasteiger partial charge on any atom is -0.311 e. The number of hydrogen-bond acceptors (Lipinski definition) is 1. The van der Waals surface area contributed by atoms with Gasteiger partial charge in [-0.05, 0) is 24.8 Å². The van der Waals surface area contributed by atoms with Crippen molar-refractivity contribution >= 4 is 0 Å². The van der Waals surface area contributed by atoms with Gasteiger partial charge in [-0.2, -0.15) is 0 Å². The maximum Gasteiger partial charge on any atom is 0.0143 e. The average molecular weight is 203 g/mol. The fourth-order valence-electron chi connectivity index (χ4n) is 2.34. The molecule has 0 heterocycles. The summed E-state index contributed by atoms with van der Waals surface area (Å²) in [5, 5.41) is 3.63. The monoisotopic (exact) mass is 203 g/mol. The van der Waals surface area contributed by atoms with E-state index in [-0.39, 0.29) is 0 Å². The molecule has 15 heavy (non-hydrogen) atoms. The SMILES string of the molecule is C1=CC/C(=C/CNC2CCCCC2)C=C1. The minimum absolute atomic E-state index is 0.777. The Bertz CT molecular complexity index is 267. The lowest BCUT2D eigenvalue weighted by atomic mass is 9.95. The maximum absolute atomic E-state index is 3.63. The molecule has 0 saturated heterocycles. The molecule has 0 unspecified atom stereocenters. The summed E-state index contributed by atoms with van der Waals surface area (Å²) in [6.07, 6.45) is 19.1. The van der Waals surface area contributed by atoms with E-state index in [9.17, 15) is 0 Å². The largest absolute Gasteiger partial charge is 0.311 e. The Hall–Kier alpha value is -0.820. The van der Waals surface area contributed by atoms with Crippen molar-refractivity contribution in [1.29, 1.82) is 0 Å². The predicted octanol–water partition coefficient (Wildman–Crippen LogP) is 3.35. The maximum atomic E-state index is 3.63. The van der Waals surface area contributed by atoms with Gasteiger partial charge in [-0.25, -0.2) is 0 Å². The first-order valence-electron chi connectivity index (χ1n) is 6.21. The molecule has 0 atom stereocenters. The van der Waals surface area contributed by atoms with E-state index in [1.54, 1.807) is 0 Å². The van der Waals surface area contributed by atoms with Crippen LogP contribution in [-0.4, -0.2) is 12.6 Å². The van der Waals surface area contributed by atoms with Crippen molar-refractivity contribution < 1.29 is 0 Å². The highest BCUT2D eigenvalue weighted by molar-refractivity contribution is 5.29. The molecular weight excluding hydrogens is 182 g/mol. The third kappa shape index (κ3) is 3.67. The van der Waals surface area contributed by atoms with Gasteiger partial charge in [0.2, 0.25) is 0 Å². The van der Waals surface area contributed by atoms with Crippen LogP contribution in [0.25, 0.3) is 0 Å². The van der Waals surface area contributed by atoms with Gasteiger partial charge in [0.25, 0.3) is 0 Å². The van der Waals surface area contributed by atoms with Crippen molar-refractivity contribution in [2.75, 3.05) is 6.54 Å². The van der Waals surface area contributed by atoms with Crippen molar-refractivity contribution in [3.05, 3.63) is 36.0 Å². The van der Waals surface area contributed by atoms with E-state index in [0.717, 1.165) is 19.0 Å². The highest BCUT2D eigenvalue weighted by atomic mass is 14.9. The second kappa shape index (κ2) is 5.92. The molecule has 0 aromatic rings. The second-order valence-electron chi connectivity index (χ2n) is 4.51. The van der Waals surface area contributed by atoms with E-state index in [1.165, 1.54) is 37.7 Å². The molecule has 1 fully saturated rings. The number of nitrogens with one attached hydrogen (secondary N) is 1. The first kappa shape index (κ1) is 10.7. The molecule has 0 bridgehead atoms. The topological polar surface area (TPSA) is 12.0 Å². The van der Waals surface area contributed by atoms with Gasteiger partial charge in [-0.15, -0.1) is 0 Å². The van der Waals surface area contributed by atoms with Crippen molar-refractivity contribution in [2.24, 2.45) is 0 Å². The fourth-order valence-corrected chi connectivity index (χ4v) is 2.34. The molecular formula is C14H21N. The number of rotatable bonds is 3. The number of allylic oxidation sites excluding steroid dienone is 5. The van der Waals surface area contributed by atoms with E-state index in [2.05, 4.69) is 35.7 Å². The molecule has 2 aliphatic carbocycles. The van der Waals surface area contributed by atoms with E-state index in [0.29, 0.717) is 0 Å². The van der Waals surface area contributed by atoms with Crippen LogP contribution < -0.4 is 5.32 Å². The molecule has 0 aromatic carbocycles. The molecule has 0 aromatic heterocycles. The van der Waals surface area contributed by atoms with Gasteiger partial charge in [-0.3, -0.25) is 0 Å². The summed E-state index contributed by atoms with van der Waals surface area (Å²) in [5.74, 6) is 0. The van der Waals surface area contributed by atoms with E-state index >= 15 is 0 Å². The molecule has 1 nitrogen and oxygen atoms in total. The molecule has 82 valence electrons. The summed E-state index contributed by atoms with van der Waals surface area (Å²) in [6.45, 7) is 1.04. The van der Waals surface area contributed by atoms with Gasteiger partial charge < -0.3 is 5.32 Å². The van der Waals surface area contributed by atoms with Crippen LogP contribution in [0.5, 0.6) is 0 Å². The van der Waals surface area contributed by atoms with Crippen molar-refractivity contribution in [2.45, 2.75) is 44.6 Å². The average Bonchev–Trinajstić information content (AvgIpc) is 2.32. The normalized spacial score (nSPS) is 24.9. The minimum atomic E-state index is 0.777. The predicted molar refractivity (Wildman–Crippen MR) is 65.9 cm³/mol. The summed E-state index contributed by atoms with van der Waals surface area (Å²) in [6, 6.07) is 0.777. The molecule has 2 rings (SSSR count). The van der Waals surface area contributed by atoms with Crippen LogP contribution in [0.4, 0.5) is 0 Å². The van der Waals surface area contributed by atoms with Gasteiger partial charge in [0.1, 0.15) is 0 Å². The Morgan fingerprint density at radius 3 is 2.80 bits per heavy atom. The van der Waals surface area contributed by atoms with E-state index < -0.39 is 0 Å². The standard InChI is InChI=1S/C14H21N/c1-3-7-13(8-4-1)11-12-15-14-9-5-2-6-10-14/h1,3-4,7,11,14-15H,2,5-6,8-10,12H2/b13-11+. The van der Waals surface area contributed by atoms with Crippen LogP contribution in [0.15, 0.2) is 36.0 Å². The van der Waals surface area contributed by atoms with Gasteiger partial charge in [0.05, 0.1) is 0 Å². The Balaban J connectivity index is 1.69. The number of hydrogen-bond donors (Lipinski definition) is 1. The lowest BCUT2D eigenvalue weighted by Crippen LogP contribution is -2.31. The molecule has 0 amide bonds. The van der Waals surface area contributed by atoms with Crippen molar-refractivity contribution in [1.82, 2.24) is 5.32 Å². The lowest BCUT2D eigenvalue weighted by molar-refractivity contribution is 0.385. The Labute approximate surface area is 93.0 Å². The van der Waals surface area contributed by atoms with Gasteiger partial charge >= 0.3 is 0 Å². The van der Waals surface area contributed by atoms with E-state index in [4.69, 9.17) is 0 Å². The smallest absolute Gasteiger partial charge is 0.0143 e. The molecule has 1 saturated carbocycles. The Morgan fingerprint density at radius 2 is 2.07 bits per heavy atom. The first-order chi connectivity index (χ1) is 7.45. The Morgan fingerprint density at radius 1 is 1.20 bits per heavy atom. The van der Waals surface area contributed by atoms with Crippen LogP contribution in [-0.2, 0) is 0 Å². The summed E-state index contributed by atoms with van der Waals surface area (Å²) >= 11 is 0. The van der Waals surface area contributed by atoms with E-state index in [1.807, 2.05) is 0 Å². The first-order valence-corrected chi connectivity index (χ1v) is 6.21. The summed E-state index contributed by atoms with van der Waals surface area (Å²) in [4.78, 5) is 0. The zero-order valence-corrected chi connectivity index (χ0v) is 9.41. The highest BCUT2D eigenvalue weighted by Gasteiger charge is 2.11. The summed E-state index contributed by atoms with van der Waals surface area (Å²) in [7, 11) is 0. The van der Waals surface area contributed by atoms with Crippen LogP contribution in [0.3, 0.4) is 0 Å². The fraction of sp³-hybridized carbons (Fsp3) is 0.571. The second-order valence-corrected chi connectivity index (χ2v) is 4.51. The van der Waals surface area contributed by atoms with Gasteiger partial charge in [-0.1, -0.05) is 49.6 Å². The lowest BCUT2D eigenvalue weighted by Gasteiger charge is -2.22. The molecule has 1 heteroatoms. The molecule has 1 N–H and O–H groups in total. The van der Waals surface area contributed by atoms with Crippen molar-refractivity contribution in [3.8, 4) is 0 Å². The molecule has 0 spiro atoms. The zero-order valence-electron chi connectivity index (χ0n) is 9.41. The van der Waals surface area contributed by atoms with Crippen LogP contribution in [0.2, 0.25) is 0 Å². The highest BCUT2D eigenvalue weighted by Crippen LogP contribution is 2.17. The van der Waals surface area contributed by atoms with Crippen LogP contribution in [0, 0.1) is 0 Å². The summed E-state index contributed by atoms with van der Waals surface area (Å²) < 4.78 is 0. The quantitative estimate of drug-likeness (QED) is 0.741.